The minimum absolute atomic E-state index is 0.148. The smallest absolute Gasteiger partial charge is 0.308 e. The molecule has 0 spiro atoms. The van der Waals surface area contributed by atoms with Gasteiger partial charge >= 0.3 is 11.9 Å². The van der Waals surface area contributed by atoms with E-state index in [1.54, 1.807) is 12.1 Å². The average Bonchev–Trinajstić information content (AvgIpc) is 2.66. The summed E-state index contributed by atoms with van der Waals surface area (Å²) in [4.78, 5) is 22.8. The van der Waals surface area contributed by atoms with Crippen LogP contribution in [0.4, 0.5) is 0 Å². The number of hydrogen-bond acceptors (Lipinski definition) is 4. The maximum Gasteiger partial charge on any atom is 0.308 e. The average molecular weight is 421 g/mol. The number of carbonyl (C=O) groups excluding carboxylic acids is 2. The minimum atomic E-state index is -0.467. The van der Waals surface area contributed by atoms with Crippen molar-refractivity contribution in [1.29, 1.82) is 0 Å². The van der Waals surface area contributed by atoms with E-state index >= 15 is 0 Å². The van der Waals surface area contributed by atoms with Crippen molar-refractivity contribution in [2.45, 2.75) is 72.1 Å². The summed E-state index contributed by atoms with van der Waals surface area (Å²) in [5, 5.41) is 0. The van der Waals surface area contributed by atoms with E-state index in [4.69, 9.17) is 9.47 Å². The largest absolute Gasteiger partial charge is 0.423 e. The lowest BCUT2D eigenvalue weighted by atomic mass is 9.63. The van der Waals surface area contributed by atoms with Gasteiger partial charge in [-0.2, -0.15) is 0 Å². The summed E-state index contributed by atoms with van der Waals surface area (Å²) in [6.07, 6.45) is 4.41. The van der Waals surface area contributed by atoms with E-state index in [0.29, 0.717) is 0 Å². The number of ether oxygens (including phenoxy) is 2. The lowest BCUT2D eigenvalue weighted by Crippen LogP contribution is -2.33. The number of benzene rings is 2. The van der Waals surface area contributed by atoms with Gasteiger partial charge < -0.3 is 9.47 Å². The Morgan fingerprint density at radius 3 is 1.97 bits per heavy atom. The van der Waals surface area contributed by atoms with Crippen LogP contribution in [0.15, 0.2) is 36.4 Å². The highest BCUT2D eigenvalue weighted by Gasteiger charge is 2.36. The molecule has 0 fully saturated rings. The maximum atomic E-state index is 11.5. The summed E-state index contributed by atoms with van der Waals surface area (Å²) < 4.78 is 10.4. The first-order chi connectivity index (χ1) is 14.4. The molecule has 0 bridgehead atoms. The van der Waals surface area contributed by atoms with Crippen molar-refractivity contribution in [3.63, 3.8) is 0 Å². The Balaban J connectivity index is 2.00. The van der Waals surface area contributed by atoms with E-state index in [-0.39, 0.29) is 22.3 Å². The highest BCUT2D eigenvalue weighted by Crippen LogP contribution is 2.46. The Kier molecular flexibility index (Phi) is 6.13. The highest BCUT2D eigenvalue weighted by atomic mass is 16.6. The van der Waals surface area contributed by atoms with Gasteiger partial charge in [0, 0.05) is 13.8 Å². The van der Waals surface area contributed by atoms with E-state index in [9.17, 15) is 9.59 Å². The molecular formula is C27H32O4. The van der Waals surface area contributed by atoms with Gasteiger partial charge in [0.1, 0.15) is 0 Å². The second kappa shape index (κ2) is 8.33. The lowest BCUT2D eigenvalue weighted by molar-refractivity contribution is -0.134. The van der Waals surface area contributed by atoms with Gasteiger partial charge in [0.2, 0.25) is 0 Å². The van der Waals surface area contributed by atoms with Crippen LogP contribution < -0.4 is 9.47 Å². The van der Waals surface area contributed by atoms with Crippen LogP contribution in [0.2, 0.25) is 0 Å². The van der Waals surface area contributed by atoms with Crippen LogP contribution >= 0.6 is 0 Å². The van der Waals surface area contributed by atoms with Crippen molar-refractivity contribution < 1.29 is 19.1 Å². The molecular weight excluding hydrogens is 388 g/mol. The van der Waals surface area contributed by atoms with Crippen molar-refractivity contribution >= 4 is 23.6 Å². The van der Waals surface area contributed by atoms with Crippen LogP contribution in [-0.4, -0.2) is 11.9 Å². The zero-order valence-corrected chi connectivity index (χ0v) is 19.6. The summed E-state index contributed by atoms with van der Waals surface area (Å²) >= 11 is 0. The molecule has 4 heteroatoms. The molecule has 3 rings (SSSR count). The number of fused-ring (bicyclic) bond motifs is 1. The predicted octanol–water partition coefficient (Wildman–Crippen LogP) is 6.45. The van der Waals surface area contributed by atoms with Gasteiger partial charge in [-0.15, -0.1) is 0 Å². The van der Waals surface area contributed by atoms with Crippen molar-refractivity contribution in [3.05, 3.63) is 58.7 Å². The third-order valence-corrected chi connectivity index (χ3v) is 6.17. The predicted molar refractivity (Wildman–Crippen MR) is 124 cm³/mol. The van der Waals surface area contributed by atoms with Crippen molar-refractivity contribution in [1.82, 2.24) is 0 Å². The normalized spacial score (nSPS) is 16.9. The van der Waals surface area contributed by atoms with E-state index in [0.717, 1.165) is 11.1 Å². The fourth-order valence-corrected chi connectivity index (χ4v) is 4.26. The second-order valence-corrected chi connectivity index (χ2v) is 9.75. The molecule has 1 aliphatic rings. The van der Waals surface area contributed by atoms with Crippen LogP contribution in [-0.2, 0) is 20.4 Å². The standard InChI is InChI=1S/C27H32O4/c1-17(14-20-8-11-24(30-18(2)28)25(15-20)31-19(3)29)21-9-10-22-23(16-21)27(6,7)13-12-26(22,4)5/h8-11,14-16H,12-13H2,1-7H3/b17-14+. The monoisotopic (exact) mass is 420 g/mol. The van der Waals surface area contributed by atoms with E-state index < -0.39 is 11.9 Å². The zero-order valence-electron chi connectivity index (χ0n) is 19.6. The van der Waals surface area contributed by atoms with Gasteiger partial charge in [-0.25, -0.2) is 0 Å². The first-order valence-electron chi connectivity index (χ1n) is 10.7. The second-order valence-electron chi connectivity index (χ2n) is 9.75. The number of allylic oxidation sites excluding steroid dienone is 1. The molecule has 0 unspecified atom stereocenters. The Hall–Kier alpha value is -2.88. The van der Waals surface area contributed by atoms with Gasteiger partial charge in [0.05, 0.1) is 0 Å². The van der Waals surface area contributed by atoms with Crippen LogP contribution in [0.3, 0.4) is 0 Å². The summed E-state index contributed by atoms with van der Waals surface area (Å²) in [5.41, 5.74) is 6.32. The number of carbonyl (C=O) groups is 2. The Bertz CT molecular complexity index is 1060. The fraction of sp³-hybridized carbons (Fsp3) is 0.407. The molecule has 0 heterocycles. The molecule has 2 aromatic carbocycles. The summed E-state index contributed by atoms with van der Waals surface area (Å²) in [6.45, 7) is 14.0. The van der Waals surface area contributed by atoms with Crippen LogP contribution in [0.1, 0.15) is 83.6 Å². The van der Waals surface area contributed by atoms with Crippen LogP contribution in [0.5, 0.6) is 11.5 Å². The summed E-state index contributed by atoms with van der Waals surface area (Å²) in [7, 11) is 0. The Labute approximate surface area is 185 Å². The van der Waals surface area contributed by atoms with Gasteiger partial charge in [-0.3, -0.25) is 9.59 Å². The molecule has 0 radical (unpaired) electrons. The third kappa shape index (κ3) is 5.07. The van der Waals surface area contributed by atoms with Crippen LogP contribution in [0.25, 0.3) is 11.6 Å². The molecule has 1 aliphatic carbocycles. The number of hydrogen-bond donors (Lipinski definition) is 0. The molecule has 0 aromatic heterocycles. The molecule has 0 atom stereocenters. The molecule has 0 saturated carbocycles. The first kappa shape index (κ1) is 22.8. The van der Waals surface area contributed by atoms with Gasteiger partial charge in [0.25, 0.3) is 0 Å². The number of rotatable bonds is 4. The molecule has 0 N–H and O–H groups in total. The van der Waals surface area contributed by atoms with E-state index in [2.05, 4.69) is 52.8 Å². The van der Waals surface area contributed by atoms with E-state index in [1.165, 1.54) is 43.4 Å². The molecule has 0 saturated heterocycles. The van der Waals surface area contributed by atoms with Gasteiger partial charge in [0.15, 0.2) is 11.5 Å². The van der Waals surface area contributed by atoms with Crippen LogP contribution in [0, 0.1) is 0 Å². The highest BCUT2D eigenvalue weighted by molar-refractivity contribution is 5.82. The topological polar surface area (TPSA) is 52.6 Å². The molecule has 0 amide bonds. The van der Waals surface area contributed by atoms with Gasteiger partial charge in [-0.1, -0.05) is 58.0 Å². The molecule has 31 heavy (non-hydrogen) atoms. The molecule has 2 aromatic rings. The molecule has 4 nitrogen and oxygen atoms in total. The molecule has 0 aliphatic heterocycles. The van der Waals surface area contributed by atoms with Crippen molar-refractivity contribution in [2.75, 3.05) is 0 Å². The van der Waals surface area contributed by atoms with E-state index in [1.807, 2.05) is 12.1 Å². The minimum Gasteiger partial charge on any atom is -0.423 e. The quantitative estimate of drug-likeness (QED) is 0.324. The Morgan fingerprint density at radius 2 is 1.35 bits per heavy atom. The van der Waals surface area contributed by atoms with Crippen molar-refractivity contribution in [3.8, 4) is 11.5 Å². The summed E-state index contributed by atoms with van der Waals surface area (Å²) in [6, 6.07) is 12.0. The summed E-state index contributed by atoms with van der Waals surface area (Å²) in [5.74, 6) is -0.467. The first-order valence-corrected chi connectivity index (χ1v) is 10.7. The van der Waals surface area contributed by atoms with Crippen molar-refractivity contribution in [2.24, 2.45) is 0 Å². The fourth-order valence-electron chi connectivity index (χ4n) is 4.26. The molecule has 164 valence electrons. The maximum absolute atomic E-state index is 11.5. The Morgan fingerprint density at radius 1 is 0.774 bits per heavy atom. The number of esters is 2. The van der Waals surface area contributed by atoms with Gasteiger partial charge in [-0.05, 0) is 70.6 Å². The lowest BCUT2D eigenvalue weighted by Gasteiger charge is -2.42. The zero-order chi connectivity index (χ0) is 23.0. The third-order valence-electron chi connectivity index (χ3n) is 6.17. The SMILES string of the molecule is CC(=O)Oc1ccc(/C=C(\C)c2ccc3c(c2)C(C)(C)CCC3(C)C)cc1OC(C)=O.